The zero-order chi connectivity index (χ0) is 31.0. The summed E-state index contributed by atoms with van der Waals surface area (Å²) in [5.41, 5.74) is 8.81. The van der Waals surface area contributed by atoms with Crippen LogP contribution in [0.3, 0.4) is 0 Å². The number of carbonyl (C=O) groups is 1. The van der Waals surface area contributed by atoms with E-state index in [0.29, 0.717) is 12.2 Å². The van der Waals surface area contributed by atoms with Crippen molar-refractivity contribution in [3.05, 3.63) is 142 Å². The topological polar surface area (TPSA) is 17.1 Å². The molecule has 0 heterocycles. The smallest absolute Gasteiger partial charge is 0.135 e. The van der Waals surface area contributed by atoms with Crippen LogP contribution in [-0.4, -0.2) is 5.78 Å². The van der Waals surface area contributed by atoms with E-state index < -0.39 is 0 Å². The summed E-state index contributed by atoms with van der Waals surface area (Å²) in [5.74, 6) is 0.451. The Morgan fingerprint density at radius 3 is 1.24 bits per heavy atom. The van der Waals surface area contributed by atoms with E-state index in [4.69, 9.17) is 0 Å². The summed E-state index contributed by atoms with van der Waals surface area (Å²) in [6, 6.07) is 0. The Kier molecular flexibility index (Phi) is 21.3. The SMILES string of the molecule is CC(C)=CCC/C(C)=C/C=C/C(C)=C/C=C/C(C)=C/C=C/C=C(C)/C=C/C=C(C)/C=C/C=C(\C)CCC(=O)C(C)C. The highest BCUT2D eigenvalue weighted by molar-refractivity contribution is 5.80. The molecule has 1 heteroatoms. The van der Waals surface area contributed by atoms with Gasteiger partial charge in [0.15, 0.2) is 0 Å². The van der Waals surface area contributed by atoms with Gasteiger partial charge in [0.2, 0.25) is 0 Å². The third-order valence-corrected chi connectivity index (χ3v) is 6.25. The van der Waals surface area contributed by atoms with Gasteiger partial charge in [0.05, 0.1) is 0 Å². The van der Waals surface area contributed by atoms with Crippen molar-refractivity contribution < 1.29 is 4.79 Å². The molecule has 0 aliphatic carbocycles. The summed E-state index contributed by atoms with van der Waals surface area (Å²) in [7, 11) is 0. The van der Waals surface area contributed by atoms with E-state index in [1.807, 2.05) is 13.8 Å². The highest BCUT2D eigenvalue weighted by Gasteiger charge is 2.06. The third kappa shape index (κ3) is 24.1. The molecule has 0 unspecified atom stereocenters. The predicted molar refractivity (Wildman–Crippen MR) is 186 cm³/mol. The lowest BCUT2D eigenvalue weighted by molar-refractivity contribution is -0.121. The van der Waals surface area contributed by atoms with Gasteiger partial charge in [-0.2, -0.15) is 0 Å². The van der Waals surface area contributed by atoms with Gasteiger partial charge in [-0.05, 0) is 74.7 Å². The molecule has 0 aromatic heterocycles. The first-order valence-corrected chi connectivity index (χ1v) is 15.0. The fourth-order valence-electron chi connectivity index (χ4n) is 3.43. The van der Waals surface area contributed by atoms with Crippen LogP contribution in [0.25, 0.3) is 0 Å². The Labute approximate surface area is 253 Å². The van der Waals surface area contributed by atoms with Crippen LogP contribution in [0.1, 0.15) is 94.9 Å². The van der Waals surface area contributed by atoms with E-state index in [0.717, 1.165) is 19.3 Å². The van der Waals surface area contributed by atoms with Crippen molar-refractivity contribution in [2.75, 3.05) is 0 Å². The maximum atomic E-state index is 11.8. The van der Waals surface area contributed by atoms with Gasteiger partial charge in [-0.25, -0.2) is 0 Å². The van der Waals surface area contributed by atoms with Crippen LogP contribution in [0.15, 0.2) is 142 Å². The summed E-state index contributed by atoms with van der Waals surface area (Å²) in [4.78, 5) is 11.8. The first-order chi connectivity index (χ1) is 19.4. The lowest BCUT2D eigenvalue weighted by Crippen LogP contribution is -2.06. The number of carbonyl (C=O) groups excluding carboxylic acids is 1. The monoisotopic (exact) mass is 552 g/mol. The normalized spacial score (nSPS) is 15.2. The van der Waals surface area contributed by atoms with Crippen LogP contribution in [-0.2, 0) is 4.79 Å². The van der Waals surface area contributed by atoms with Crippen molar-refractivity contribution in [3.8, 4) is 0 Å². The summed E-state index contributed by atoms with van der Waals surface area (Å²) in [6.07, 6.45) is 39.7. The zero-order valence-electron chi connectivity index (χ0n) is 27.6. The standard InChI is InChI=1S/C40H56O/c1-32(2)18-13-21-36(7)24-16-27-37(8)25-14-22-34(5)19-11-12-20-35(6)23-15-26-38(9)28-17-29-39(10)30-31-40(41)33(3)4/h11-12,14-20,22-29,33H,13,21,30-31H2,1-10H3/b12-11+,22-14+,23-15+,27-16+,28-17+,34-19+,35-20+,36-24+,37-25+,38-26+,39-29+. The van der Waals surface area contributed by atoms with E-state index in [1.54, 1.807) is 0 Å². The third-order valence-electron chi connectivity index (χ3n) is 6.25. The van der Waals surface area contributed by atoms with Crippen LogP contribution in [0.2, 0.25) is 0 Å². The average Bonchev–Trinajstić information content (AvgIpc) is 2.89. The minimum Gasteiger partial charge on any atom is -0.299 e. The van der Waals surface area contributed by atoms with Crippen LogP contribution >= 0.6 is 0 Å². The molecule has 0 radical (unpaired) electrons. The molecular formula is C40H56O. The van der Waals surface area contributed by atoms with Gasteiger partial charge in [0.1, 0.15) is 5.78 Å². The van der Waals surface area contributed by atoms with Crippen molar-refractivity contribution >= 4 is 5.78 Å². The average molecular weight is 553 g/mol. The molecule has 0 aromatic carbocycles. The molecule has 0 spiro atoms. The van der Waals surface area contributed by atoms with Crippen LogP contribution in [0.4, 0.5) is 0 Å². The number of ketones is 1. The molecule has 0 N–H and O–H groups in total. The molecule has 0 aromatic rings. The van der Waals surface area contributed by atoms with E-state index in [-0.39, 0.29) is 5.92 Å². The van der Waals surface area contributed by atoms with Gasteiger partial charge < -0.3 is 0 Å². The number of hydrogen-bond acceptors (Lipinski definition) is 1. The molecule has 0 fully saturated rings. The Morgan fingerprint density at radius 2 is 0.854 bits per heavy atom. The largest absolute Gasteiger partial charge is 0.299 e. The first kappa shape index (κ1) is 37.6. The number of hydrogen-bond donors (Lipinski definition) is 0. The highest BCUT2D eigenvalue weighted by Crippen LogP contribution is 2.10. The Bertz CT molecular complexity index is 1170. The van der Waals surface area contributed by atoms with E-state index in [2.05, 4.69) is 159 Å². The van der Waals surface area contributed by atoms with Crippen molar-refractivity contribution in [3.63, 3.8) is 0 Å². The predicted octanol–water partition coefficient (Wildman–Crippen LogP) is 12.2. The van der Waals surface area contributed by atoms with E-state index in [1.165, 1.54) is 39.0 Å². The van der Waals surface area contributed by atoms with Crippen LogP contribution in [0, 0.1) is 5.92 Å². The van der Waals surface area contributed by atoms with Crippen LogP contribution in [0.5, 0.6) is 0 Å². The molecule has 0 saturated carbocycles. The number of allylic oxidation sites excluding steroid dienone is 24. The summed E-state index contributed by atoms with van der Waals surface area (Å²) in [5, 5.41) is 0. The van der Waals surface area contributed by atoms with Crippen LogP contribution < -0.4 is 0 Å². The fourth-order valence-corrected chi connectivity index (χ4v) is 3.43. The molecule has 0 bridgehead atoms. The van der Waals surface area contributed by atoms with E-state index >= 15 is 0 Å². The first-order valence-electron chi connectivity index (χ1n) is 15.0. The Hall–Kier alpha value is -3.45. The molecule has 0 rings (SSSR count). The van der Waals surface area contributed by atoms with Crippen molar-refractivity contribution in [1.29, 1.82) is 0 Å². The highest BCUT2D eigenvalue weighted by atomic mass is 16.1. The molecule has 41 heavy (non-hydrogen) atoms. The molecule has 222 valence electrons. The number of Topliss-reactive ketones (excluding diaryl/α,β-unsaturated/α-hetero) is 1. The maximum absolute atomic E-state index is 11.8. The molecule has 0 atom stereocenters. The van der Waals surface area contributed by atoms with Gasteiger partial charge in [-0.3, -0.25) is 4.79 Å². The second-order valence-corrected chi connectivity index (χ2v) is 11.4. The van der Waals surface area contributed by atoms with Gasteiger partial charge in [-0.1, -0.05) is 156 Å². The fraction of sp³-hybridized carbons (Fsp3) is 0.375. The van der Waals surface area contributed by atoms with E-state index in [9.17, 15) is 4.79 Å². The van der Waals surface area contributed by atoms with Gasteiger partial charge >= 0.3 is 0 Å². The van der Waals surface area contributed by atoms with Crippen molar-refractivity contribution in [1.82, 2.24) is 0 Å². The summed E-state index contributed by atoms with van der Waals surface area (Å²) >= 11 is 0. The minimum absolute atomic E-state index is 0.122. The quantitative estimate of drug-likeness (QED) is 0.129. The molecule has 0 amide bonds. The molecular weight excluding hydrogens is 496 g/mol. The van der Waals surface area contributed by atoms with Gasteiger partial charge in [-0.15, -0.1) is 0 Å². The maximum Gasteiger partial charge on any atom is 0.135 e. The summed E-state index contributed by atoms with van der Waals surface area (Å²) in [6.45, 7) is 20.9. The van der Waals surface area contributed by atoms with Gasteiger partial charge in [0, 0.05) is 12.3 Å². The minimum atomic E-state index is 0.122. The second kappa shape index (κ2) is 23.3. The zero-order valence-corrected chi connectivity index (χ0v) is 27.6. The van der Waals surface area contributed by atoms with Gasteiger partial charge in [0.25, 0.3) is 0 Å². The number of rotatable bonds is 17. The van der Waals surface area contributed by atoms with Crippen molar-refractivity contribution in [2.24, 2.45) is 5.92 Å². The van der Waals surface area contributed by atoms with Crippen molar-refractivity contribution in [2.45, 2.75) is 94.9 Å². The second-order valence-electron chi connectivity index (χ2n) is 11.4. The lowest BCUT2D eigenvalue weighted by Gasteiger charge is -2.03. The summed E-state index contributed by atoms with van der Waals surface area (Å²) < 4.78 is 0. The molecule has 0 aliphatic rings. The Morgan fingerprint density at radius 1 is 0.488 bits per heavy atom. The molecule has 0 aliphatic heterocycles. The molecule has 0 saturated heterocycles. The molecule has 1 nitrogen and oxygen atoms in total. The Balaban J connectivity index is 4.71. The lowest BCUT2D eigenvalue weighted by atomic mass is 10.0.